The molecule has 4 heterocycles. The highest BCUT2D eigenvalue weighted by atomic mass is 16.8. The van der Waals surface area contributed by atoms with Crippen molar-refractivity contribution in [2.24, 2.45) is 0 Å². The average molecular weight is 768 g/mol. The van der Waals surface area contributed by atoms with E-state index >= 15 is 0 Å². The number of aliphatic carboxylic acids is 1. The molecule has 0 unspecified atom stereocenters. The summed E-state index contributed by atoms with van der Waals surface area (Å²) in [6, 6.07) is -0.285. The lowest BCUT2D eigenvalue weighted by molar-refractivity contribution is -0.358. The SMILES string of the molecule is CC(=O)N[C@@H]1[C@@H](O)[C@H](O[C@@H]2O[C@H](CO[C@]3(C(=O)O)C[C@H](O)[C@@H](NC(C)=O)[C@H]([C@H](O)[C@H](O)CNC(=O)c4ccco4)O3)[C@H](O)[C@H](O)[C@H]2O)[C@@H](CO)O[C@H]1O. The molecule has 0 aromatic carbocycles. The van der Waals surface area contributed by atoms with Crippen LogP contribution in [0, 0.1) is 0 Å². The molecular weight excluding hydrogens is 722 g/mol. The van der Waals surface area contributed by atoms with Gasteiger partial charge in [-0.25, -0.2) is 4.79 Å². The van der Waals surface area contributed by atoms with E-state index in [0.29, 0.717) is 0 Å². The van der Waals surface area contributed by atoms with Gasteiger partial charge in [-0.05, 0) is 12.1 Å². The van der Waals surface area contributed by atoms with Crippen molar-refractivity contribution in [1.82, 2.24) is 16.0 Å². The number of hydrogen-bond donors (Lipinski definition) is 13. The highest BCUT2D eigenvalue weighted by Crippen LogP contribution is 2.35. The first kappa shape index (κ1) is 42.3. The Balaban J connectivity index is 1.52. The van der Waals surface area contributed by atoms with E-state index in [1.54, 1.807) is 0 Å². The van der Waals surface area contributed by atoms with Gasteiger partial charge < -0.3 is 95.1 Å². The minimum absolute atomic E-state index is 0.132. The molecule has 53 heavy (non-hydrogen) atoms. The largest absolute Gasteiger partial charge is 0.477 e. The minimum atomic E-state index is -2.89. The molecule has 3 aliphatic heterocycles. The molecule has 3 fully saturated rings. The first-order valence-corrected chi connectivity index (χ1v) is 16.3. The number of ether oxygens (including phenoxy) is 5. The van der Waals surface area contributed by atoms with Gasteiger partial charge in [0.15, 0.2) is 18.3 Å². The summed E-state index contributed by atoms with van der Waals surface area (Å²) < 4.78 is 32.5. The maximum atomic E-state index is 12.7. The standard InChI is InChI=1S/C30H45N3O20/c1-10(35)32-17-12(37)6-30(29(46)47,53-25(17)19(39)13(38)7-31-26(44)14-4-3-5-48-14)49-9-16-20(40)22(42)23(43)28(51-16)52-24-15(8-34)50-27(45)18(21(24)41)33-11(2)36/h3-5,12-13,15-25,27-28,34,37-43,45H,6-9H2,1-2H3,(H,31,44)(H,32,35)(H,33,36)(H,46,47)/t12-,13+,15+,16+,17+,18+,19+,20-,21+,22-,23+,24+,25+,27+,28-,30+/m0/s1. The van der Waals surface area contributed by atoms with Crippen LogP contribution in [0.15, 0.2) is 22.8 Å². The van der Waals surface area contributed by atoms with Gasteiger partial charge in [-0.15, -0.1) is 0 Å². The smallest absolute Gasteiger partial charge is 0.364 e. The minimum Gasteiger partial charge on any atom is -0.477 e. The Morgan fingerprint density at radius 3 is 2.17 bits per heavy atom. The van der Waals surface area contributed by atoms with E-state index in [2.05, 4.69) is 16.0 Å². The predicted molar refractivity (Wildman–Crippen MR) is 166 cm³/mol. The van der Waals surface area contributed by atoms with Gasteiger partial charge in [0.05, 0.1) is 37.7 Å². The van der Waals surface area contributed by atoms with Gasteiger partial charge in [-0.2, -0.15) is 0 Å². The van der Waals surface area contributed by atoms with Crippen molar-refractivity contribution in [2.45, 2.75) is 118 Å². The van der Waals surface area contributed by atoms with Gasteiger partial charge in [-0.1, -0.05) is 0 Å². The molecule has 23 heteroatoms. The lowest BCUT2D eigenvalue weighted by Gasteiger charge is -2.48. The van der Waals surface area contributed by atoms with E-state index < -0.39 is 147 Å². The Morgan fingerprint density at radius 1 is 0.925 bits per heavy atom. The van der Waals surface area contributed by atoms with Gasteiger partial charge in [0.2, 0.25) is 11.8 Å². The van der Waals surface area contributed by atoms with Gasteiger partial charge in [-0.3, -0.25) is 14.4 Å². The third kappa shape index (κ3) is 9.65. The monoisotopic (exact) mass is 767 g/mol. The van der Waals surface area contributed by atoms with E-state index in [4.69, 9.17) is 28.1 Å². The Labute approximate surface area is 300 Å². The molecule has 4 rings (SSSR count). The molecule has 1 aromatic rings. The summed E-state index contributed by atoms with van der Waals surface area (Å²) >= 11 is 0. The van der Waals surface area contributed by atoms with Crippen LogP contribution in [0.25, 0.3) is 0 Å². The van der Waals surface area contributed by atoms with Crippen LogP contribution < -0.4 is 16.0 Å². The first-order valence-electron chi connectivity index (χ1n) is 16.3. The number of carboxylic acids is 1. The van der Waals surface area contributed by atoms with Crippen LogP contribution in [-0.2, 0) is 38.1 Å². The van der Waals surface area contributed by atoms with E-state index in [-0.39, 0.29) is 5.76 Å². The van der Waals surface area contributed by atoms with Crippen LogP contribution in [0.1, 0.15) is 30.8 Å². The number of aliphatic hydroxyl groups excluding tert-OH is 9. The molecule has 0 spiro atoms. The van der Waals surface area contributed by atoms with Gasteiger partial charge in [0.1, 0.15) is 61.0 Å². The van der Waals surface area contributed by atoms with Crippen molar-refractivity contribution in [1.29, 1.82) is 0 Å². The second-order valence-corrected chi connectivity index (χ2v) is 12.8. The van der Waals surface area contributed by atoms with Gasteiger partial charge in [0.25, 0.3) is 11.7 Å². The zero-order valence-electron chi connectivity index (χ0n) is 28.3. The number of rotatable bonds is 14. The Hall–Kier alpha value is -3.40. The third-order valence-corrected chi connectivity index (χ3v) is 8.90. The van der Waals surface area contributed by atoms with Crippen LogP contribution in [0.3, 0.4) is 0 Å². The molecule has 0 bridgehead atoms. The summed E-state index contributed by atoms with van der Waals surface area (Å²) in [6.45, 7) is -0.368. The number of furan rings is 1. The second-order valence-electron chi connectivity index (χ2n) is 12.8. The number of amides is 3. The fraction of sp³-hybridized carbons (Fsp3) is 0.733. The first-order chi connectivity index (χ1) is 24.9. The fourth-order valence-electron chi connectivity index (χ4n) is 6.16. The highest BCUT2D eigenvalue weighted by Gasteiger charge is 2.57. The van der Waals surface area contributed by atoms with Crippen molar-refractivity contribution in [2.75, 3.05) is 19.8 Å². The molecule has 3 aliphatic rings. The fourth-order valence-corrected chi connectivity index (χ4v) is 6.16. The van der Waals surface area contributed by atoms with Crippen molar-refractivity contribution >= 4 is 23.7 Å². The third-order valence-electron chi connectivity index (χ3n) is 8.90. The number of hydrogen-bond acceptors (Lipinski definition) is 19. The van der Waals surface area contributed by atoms with Crippen LogP contribution in [0.4, 0.5) is 0 Å². The lowest BCUT2D eigenvalue weighted by Crippen LogP contribution is -2.69. The van der Waals surface area contributed by atoms with Crippen molar-refractivity contribution < 1.29 is 98.3 Å². The summed E-state index contributed by atoms with van der Waals surface area (Å²) in [4.78, 5) is 48.5. The van der Waals surface area contributed by atoms with E-state index in [9.17, 15) is 70.2 Å². The van der Waals surface area contributed by atoms with Gasteiger partial charge in [0, 0.05) is 26.8 Å². The number of nitrogens with one attached hydrogen (secondary N) is 3. The molecule has 0 aliphatic carbocycles. The number of carbonyl (C=O) groups is 4. The molecule has 3 saturated heterocycles. The molecule has 300 valence electrons. The topological polar surface area (TPSA) is 366 Å². The summed E-state index contributed by atoms with van der Waals surface area (Å²) in [6.07, 6.45) is -24.0. The van der Waals surface area contributed by atoms with E-state index in [1.807, 2.05) is 0 Å². The number of carbonyl (C=O) groups excluding carboxylic acids is 3. The summed E-state index contributed by atoms with van der Waals surface area (Å²) in [5.41, 5.74) is 0. The van der Waals surface area contributed by atoms with Crippen LogP contribution >= 0.6 is 0 Å². The summed E-state index contributed by atoms with van der Waals surface area (Å²) in [7, 11) is 0. The van der Waals surface area contributed by atoms with Crippen LogP contribution in [0.5, 0.6) is 0 Å². The Morgan fingerprint density at radius 2 is 1.58 bits per heavy atom. The van der Waals surface area contributed by atoms with Crippen molar-refractivity contribution in [3.8, 4) is 0 Å². The molecule has 0 radical (unpaired) electrons. The number of aliphatic hydroxyl groups is 9. The van der Waals surface area contributed by atoms with Crippen LogP contribution in [-0.4, -0.2) is 192 Å². The quantitative estimate of drug-likeness (QED) is 0.0836. The van der Waals surface area contributed by atoms with E-state index in [0.717, 1.165) is 13.8 Å². The second kappa shape index (κ2) is 17.8. The maximum Gasteiger partial charge on any atom is 0.364 e. The maximum absolute atomic E-state index is 12.7. The summed E-state index contributed by atoms with van der Waals surface area (Å²) in [5.74, 6) is -7.14. The molecule has 16 atom stereocenters. The summed E-state index contributed by atoms with van der Waals surface area (Å²) in [5, 5.41) is 113. The molecule has 3 amide bonds. The average Bonchev–Trinajstić information content (AvgIpc) is 3.65. The zero-order valence-corrected chi connectivity index (χ0v) is 28.3. The van der Waals surface area contributed by atoms with E-state index in [1.165, 1.54) is 18.4 Å². The van der Waals surface area contributed by atoms with Crippen molar-refractivity contribution in [3.63, 3.8) is 0 Å². The molecule has 1 aromatic heterocycles. The van der Waals surface area contributed by atoms with Gasteiger partial charge >= 0.3 is 5.97 Å². The normalized spacial score (nSPS) is 38.7. The van der Waals surface area contributed by atoms with Crippen molar-refractivity contribution in [3.05, 3.63) is 24.2 Å². The molecule has 0 saturated carbocycles. The molecular formula is C30H45N3O20. The Kier molecular flexibility index (Phi) is 14.2. The zero-order chi connectivity index (χ0) is 39.4. The van der Waals surface area contributed by atoms with Crippen LogP contribution in [0.2, 0.25) is 0 Å². The number of carboxylic acid groups (broad SMARTS) is 1. The highest BCUT2D eigenvalue weighted by molar-refractivity contribution is 5.91. The molecule has 13 N–H and O–H groups in total. The predicted octanol–water partition coefficient (Wildman–Crippen LogP) is -7.05. The lowest BCUT2D eigenvalue weighted by atomic mass is 9.88. The molecule has 23 nitrogen and oxygen atoms in total. The Bertz CT molecular complexity index is 1400.